The van der Waals surface area contributed by atoms with E-state index in [0.717, 1.165) is 6.42 Å². The minimum atomic E-state index is -0.255. The van der Waals surface area contributed by atoms with E-state index < -0.39 is 0 Å². The molecule has 0 unspecified atom stereocenters. The monoisotopic (exact) mass is 229 g/mol. The van der Waals surface area contributed by atoms with Crippen molar-refractivity contribution in [3.05, 3.63) is 0 Å². The summed E-state index contributed by atoms with van der Waals surface area (Å²) < 4.78 is 0. The Morgan fingerprint density at radius 2 is 1.69 bits per heavy atom. The third-order valence-corrected chi connectivity index (χ3v) is 1.70. The van der Waals surface area contributed by atoms with Gasteiger partial charge in [-0.2, -0.15) is 0 Å². The molecule has 0 atom stereocenters. The van der Waals surface area contributed by atoms with Crippen LogP contribution in [0.15, 0.2) is 0 Å². The number of carbonyl (C=O) groups is 2. The van der Waals surface area contributed by atoms with Crippen molar-refractivity contribution in [2.45, 2.75) is 46.1 Å². The highest BCUT2D eigenvalue weighted by Gasteiger charge is 2.12. The SMILES string of the molecule is CCCNC(=O)CCNC(=O)NC(C)(C)C. The number of amides is 3. The maximum Gasteiger partial charge on any atom is 0.315 e. The van der Waals surface area contributed by atoms with Gasteiger partial charge in [-0.15, -0.1) is 0 Å². The minimum absolute atomic E-state index is 0.0297. The quantitative estimate of drug-likeness (QED) is 0.658. The highest BCUT2D eigenvalue weighted by Crippen LogP contribution is 1.97. The van der Waals surface area contributed by atoms with Crippen molar-refractivity contribution in [1.29, 1.82) is 0 Å². The van der Waals surface area contributed by atoms with Crippen molar-refractivity contribution >= 4 is 11.9 Å². The first-order chi connectivity index (χ1) is 7.35. The van der Waals surface area contributed by atoms with Crippen LogP contribution in [0.5, 0.6) is 0 Å². The molecule has 0 aliphatic rings. The van der Waals surface area contributed by atoms with Crippen LogP contribution in [0.3, 0.4) is 0 Å². The molecule has 0 radical (unpaired) electrons. The van der Waals surface area contributed by atoms with Gasteiger partial charge in [-0.1, -0.05) is 6.92 Å². The number of nitrogens with one attached hydrogen (secondary N) is 3. The van der Waals surface area contributed by atoms with Crippen LogP contribution in [0.4, 0.5) is 4.79 Å². The van der Waals surface area contributed by atoms with E-state index in [1.165, 1.54) is 0 Å². The number of hydrogen-bond donors (Lipinski definition) is 3. The molecule has 0 rings (SSSR count). The third-order valence-electron chi connectivity index (χ3n) is 1.70. The van der Waals surface area contributed by atoms with Crippen LogP contribution in [-0.2, 0) is 4.79 Å². The molecular weight excluding hydrogens is 206 g/mol. The number of urea groups is 1. The number of hydrogen-bond acceptors (Lipinski definition) is 2. The Labute approximate surface area is 97.4 Å². The highest BCUT2D eigenvalue weighted by molar-refractivity contribution is 5.78. The molecule has 5 nitrogen and oxygen atoms in total. The molecule has 3 N–H and O–H groups in total. The topological polar surface area (TPSA) is 70.2 Å². The Hall–Kier alpha value is -1.26. The van der Waals surface area contributed by atoms with Crippen LogP contribution >= 0.6 is 0 Å². The van der Waals surface area contributed by atoms with E-state index in [0.29, 0.717) is 19.5 Å². The fourth-order valence-corrected chi connectivity index (χ4v) is 1.03. The number of rotatable bonds is 5. The van der Waals surface area contributed by atoms with E-state index in [-0.39, 0.29) is 17.5 Å². The third kappa shape index (κ3) is 9.30. The zero-order valence-electron chi connectivity index (χ0n) is 10.6. The first-order valence-electron chi connectivity index (χ1n) is 5.68. The Morgan fingerprint density at radius 1 is 1.06 bits per heavy atom. The average Bonchev–Trinajstić information content (AvgIpc) is 2.11. The lowest BCUT2D eigenvalue weighted by atomic mass is 10.1. The summed E-state index contributed by atoms with van der Waals surface area (Å²) in [4.78, 5) is 22.5. The summed E-state index contributed by atoms with van der Waals surface area (Å²) in [7, 11) is 0. The molecule has 0 heterocycles. The predicted octanol–water partition coefficient (Wildman–Crippen LogP) is 1.00. The van der Waals surface area contributed by atoms with Gasteiger partial charge in [0.25, 0.3) is 0 Å². The van der Waals surface area contributed by atoms with Crippen molar-refractivity contribution < 1.29 is 9.59 Å². The van der Waals surface area contributed by atoms with E-state index >= 15 is 0 Å². The van der Waals surface area contributed by atoms with Gasteiger partial charge in [0.2, 0.25) is 5.91 Å². The largest absolute Gasteiger partial charge is 0.356 e. The molecule has 0 saturated heterocycles. The molecule has 0 spiro atoms. The highest BCUT2D eigenvalue weighted by atomic mass is 16.2. The van der Waals surface area contributed by atoms with Crippen LogP contribution in [0.1, 0.15) is 40.5 Å². The van der Waals surface area contributed by atoms with E-state index in [9.17, 15) is 9.59 Å². The summed E-state index contributed by atoms with van der Waals surface area (Å²) in [6, 6.07) is -0.240. The first kappa shape index (κ1) is 14.7. The van der Waals surface area contributed by atoms with Gasteiger partial charge in [-0.05, 0) is 27.2 Å². The van der Waals surface area contributed by atoms with Gasteiger partial charge >= 0.3 is 6.03 Å². The molecule has 0 saturated carbocycles. The van der Waals surface area contributed by atoms with Crippen LogP contribution in [0.25, 0.3) is 0 Å². The van der Waals surface area contributed by atoms with E-state index in [1.807, 2.05) is 27.7 Å². The minimum Gasteiger partial charge on any atom is -0.356 e. The Bertz CT molecular complexity index is 234. The maximum atomic E-state index is 11.3. The molecule has 0 fully saturated rings. The summed E-state index contributed by atoms with van der Waals surface area (Å²) in [5.41, 5.74) is -0.255. The van der Waals surface area contributed by atoms with Crippen molar-refractivity contribution in [2.75, 3.05) is 13.1 Å². The van der Waals surface area contributed by atoms with Crippen molar-refractivity contribution in [2.24, 2.45) is 0 Å². The fourth-order valence-electron chi connectivity index (χ4n) is 1.03. The van der Waals surface area contributed by atoms with Gasteiger partial charge in [0.05, 0.1) is 0 Å². The molecule has 0 bridgehead atoms. The van der Waals surface area contributed by atoms with E-state index in [2.05, 4.69) is 16.0 Å². The lowest BCUT2D eigenvalue weighted by Gasteiger charge is -2.20. The second-order valence-electron chi connectivity index (χ2n) is 4.73. The summed E-state index contributed by atoms with van der Waals surface area (Å²) >= 11 is 0. The van der Waals surface area contributed by atoms with Crippen molar-refractivity contribution in [1.82, 2.24) is 16.0 Å². The van der Waals surface area contributed by atoms with Crippen LogP contribution in [-0.4, -0.2) is 30.6 Å². The fraction of sp³-hybridized carbons (Fsp3) is 0.818. The molecule has 3 amide bonds. The summed E-state index contributed by atoms with van der Waals surface area (Å²) in [6.45, 7) is 8.75. The molecule has 0 aliphatic carbocycles. The van der Waals surface area contributed by atoms with Gasteiger partial charge in [0.15, 0.2) is 0 Å². The van der Waals surface area contributed by atoms with Gasteiger partial charge in [0.1, 0.15) is 0 Å². The lowest BCUT2D eigenvalue weighted by molar-refractivity contribution is -0.120. The molecule has 0 aromatic carbocycles. The van der Waals surface area contributed by atoms with E-state index in [1.54, 1.807) is 0 Å². The van der Waals surface area contributed by atoms with Crippen LogP contribution < -0.4 is 16.0 Å². The second kappa shape index (κ2) is 7.09. The molecule has 0 aromatic heterocycles. The normalized spacial score (nSPS) is 10.8. The Morgan fingerprint density at radius 3 is 2.19 bits per heavy atom. The standard InChI is InChI=1S/C11H23N3O2/c1-5-7-12-9(15)6-8-13-10(16)14-11(2,3)4/h5-8H2,1-4H3,(H,12,15)(H2,13,14,16). The second-order valence-corrected chi connectivity index (χ2v) is 4.73. The number of carbonyl (C=O) groups excluding carboxylic acids is 2. The average molecular weight is 229 g/mol. The first-order valence-corrected chi connectivity index (χ1v) is 5.68. The smallest absolute Gasteiger partial charge is 0.315 e. The molecule has 16 heavy (non-hydrogen) atoms. The predicted molar refractivity (Wildman–Crippen MR) is 64.2 cm³/mol. The zero-order chi connectivity index (χ0) is 12.6. The Kier molecular flexibility index (Phi) is 6.53. The van der Waals surface area contributed by atoms with Gasteiger partial charge in [-0.25, -0.2) is 4.79 Å². The van der Waals surface area contributed by atoms with E-state index in [4.69, 9.17) is 0 Å². The van der Waals surface area contributed by atoms with Crippen LogP contribution in [0.2, 0.25) is 0 Å². The zero-order valence-corrected chi connectivity index (χ0v) is 10.6. The van der Waals surface area contributed by atoms with Crippen LogP contribution in [0, 0.1) is 0 Å². The summed E-state index contributed by atoms with van der Waals surface area (Å²) in [5.74, 6) is -0.0297. The molecule has 0 aromatic rings. The lowest BCUT2D eigenvalue weighted by Crippen LogP contribution is -2.47. The summed E-state index contributed by atoms with van der Waals surface area (Å²) in [6.07, 6.45) is 1.24. The summed E-state index contributed by atoms with van der Waals surface area (Å²) in [5, 5.41) is 8.13. The molecule has 5 heteroatoms. The van der Waals surface area contributed by atoms with Gasteiger partial charge in [0, 0.05) is 25.0 Å². The van der Waals surface area contributed by atoms with Crippen molar-refractivity contribution in [3.8, 4) is 0 Å². The molecular formula is C11H23N3O2. The Balaban J connectivity index is 3.58. The molecule has 94 valence electrons. The maximum absolute atomic E-state index is 11.3. The van der Waals surface area contributed by atoms with Crippen molar-refractivity contribution in [3.63, 3.8) is 0 Å². The van der Waals surface area contributed by atoms with Gasteiger partial charge < -0.3 is 16.0 Å². The van der Waals surface area contributed by atoms with Gasteiger partial charge in [-0.3, -0.25) is 4.79 Å². The molecule has 0 aliphatic heterocycles.